The largest absolute Gasteiger partial charge is 0.478 e. The monoisotopic (exact) mass is 338 g/mol. The lowest BCUT2D eigenvalue weighted by molar-refractivity contribution is 0.0696. The number of hydrogen-bond donors (Lipinski definition) is 2. The molecule has 0 spiro atoms. The Hall–Kier alpha value is -2.46. The number of carboxylic acid groups (broad SMARTS) is 1. The zero-order valence-corrected chi connectivity index (χ0v) is 13.0. The molecule has 0 amide bonds. The van der Waals surface area contributed by atoms with Gasteiger partial charge in [-0.2, -0.15) is 4.31 Å². The summed E-state index contributed by atoms with van der Waals surface area (Å²) in [7, 11) is -3.37. The second-order valence-corrected chi connectivity index (χ2v) is 7.25. The van der Waals surface area contributed by atoms with E-state index in [0.717, 1.165) is 12.5 Å². The van der Waals surface area contributed by atoms with Crippen LogP contribution in [0.3, 0.4) is 0 Å². The van der Waals surface area contributed by atoms with E-state index in [0.29, 0.717) is 24.2 Å². The van der Waals surface area contributed by atoms with Crippen molar-refractivity contribution in [3.05, 3.63) is 45.5 Å². The number of aromatic nitrogens is 3. The summed E-state index contributed by atoms with van der Waals surface area (Å²) in [5.41, 5.74) is 0.676. The summed E-state index contributed by atoms with van der Waals surface area (Å²) in [6, 6.07) is 2.76. The van der Waals surface area contributed by atoms with Gasteiger partial charge < -0.3 is 5.11 Å². The number of nitrogens with zero attached hydrogens (tertiary/aromatic N) is 3. The predicted molar refractivity (Wildman–Crippen MR) is 80.1 cm³/mol. The molecule has 9 nitrogen and oxygen atoms in total. The number of carbonyl (C=O) groups is 1. The average Bonchev–Trinajstić information content (AvgIpc) is 2.83. The molecule has 0 aromatic carbocycles. The van der Waals surface area contributed by atoms with Gasteiger partial charge in [0.25, 0.3) is 5.56 Å². The summed E-state index contributed by atoms with van der Waals surface area (Å²) in [4.78, 5) is 27.2. The first-order valence-corrected chi connectivity index (χ1v) is 8.60. The third-order valence-corrected chi connectivity index (χ3v) is 4.96. The Kier molecular flexibility index (Phi) is 3.57. The molecule has 10 heteroatoms. The van der Waals surface area contributed by atoms with Crippen molar-refractivity contribution in [3.8, 4) is 5.82 Å². The van der Waals surface area contributed by atoms with Gasteiger partial charge >= 0.3 is 5.97 Å². The Morgan fingerprint density at radius 1 is 1.39 bits per heavy atom. The van der Waals surface area contributed by atoms with E-state index in [-0.39, 0.29) is 23.5 Å². The van der Waals surface area contributed by atoms with Gasteiger partial charge in [-0.05, 0) is 12.1 Å². The number of hydrogen-bond acceptors (Lipinski definition) is 5. The number of nitrogens with one attached hydrogen (secondary N) is 1. The van der Waals surface area contributed by atoms with Crippen molar-refractivity contribution in [3.63, 3.8) is 0 Å². The van der Waals surface area contributed by atoms with Crippen LogP contribution in [0.4, 0.5) is 0 Å². The first-order valence-electron chi connectivity index (χ1n) is 6.75. The molecule has 2 N–H and O–H groups in total. The zero-order valence-electron chi connectivity index (χ0n) is 12.2. The summed E-state index contributed by atoms with van der Waals surface area (Å²) in [6.45, 7) is 0.320. The van der Waals surface area contributed by atoms with Crippen molar-refractivity contribution < 1.29 is 18.3 Å². The van der Waals surface area contributed by atoms with Crippen molar-refractivity contribution in [2.75, 3.05) is 12.8 Å². The maximum Gasteiger partial charge on any atom is 0.337 e. The van der Waals surface area contributed by atoms with Gasteiger partial charge in [-0.15, -0.1) is 0 Å². The molecule has 1 aliphatic rings. The summed E-state index contributed by atoms with van der Waals surface area (Å²) in [5.74, 6) is -0.855. The van der Waals surface area contributed by atoms with Crippen molar-refractivity contribution in [1.29, 1.82) is 0 Å². The lowest BCUT2D eigenvalue weighted by atomic mass is 10.1. The Morgan fingerprint density at radius 3 is 2.70 bits per heavy atom. The van der Waals surface area contributed by atoms with Gasteiger partial charge in [-0.25, -0.2) is 22.9 Å². The average molecular weight is 338 g/mol. The molecule has 3 heterocycles. The van der Waals surface area contributed by atoms with Crippen molar-refractivity contribution in [1.82, 2.24) is 19.1 Å². The van der Waals surface area contributed by atoms with Crippen LogP contribution in [0.2, 0.25) is 0 Å². The van der Waals surface area contributed by atoms with Gasteiger partial charge in [0.2, 0.25) is 10.0 Å². The highest BCUT2D eigenvalue weighted by atomic mass is 32.2. The fourth-order valence-electron chi connectivity index (χ4n) is 2.47. The second-order valence-electron chi connectivity index (χ2n) is 5.27. The van der Waals surface area contributed by atoms with Crippen LogP contribution >= 0.6 is 0 Å². The van der Waals surface area contributed by atoms with Crippen LogP contribution in [0.15, 0.2) is 23.1 Å². The Balaban J connectivity index is 2.00. The highest BCUT2D eigenvalue weighted by Gasteiger charge is 2.28. The third kappa shape index (κ3) is 2.78. The highest BCUT2D eigenvalue weighted by Crippen LogP contribution is 2.17. The summed E-state index contributed by atoms with van der Waals surface area (Å²) in [6.07, 6.45) is 2.67. The van der Waals surface area contributed by atoms with E-state index in [9.17, 15) is 18.0 Å². The highest BCUT2D eigenvalue weighted by molar-refractivity contribution is 7.88. The van der Waals surface area contributed by atoms with E-state index in [1.54, 1.807) is 0 Å². The first-order chi connectivity index (χ1) is 10.8. The van der Waals surface area contributed by atoms with Crippen LogP contribution in [0.1, 0.15) is 21.6 Å². The van der Waals surface area contributed by atoms with Crippen LogP contribution < -0.4 is 5.56 Å². The van der Waals surface area contributed by atoms with Crippen LogP contribution in [0.25, 0.3) is 5.82 Å². The molecule has 1 aliphatic heterocycles. The minimum atomic E-state index is -3.37. The number of rotatable bonds is 3. The van der Waals surface area contributed by atoms with Crippen LogP contribution in [0, 0.1) is 0 Å². The molecule has 2 aromatic heterocycles. The van der Waals surface area contributed by atoms with E-state index in [1.165, 1.54) is 21.1 Å². The SMILES string of the molecule is CS(=O)(=O)N1CCc2[nH]n(-c3ccc(C(=O)O)cn3)c(=O)c2C1. The minimum Gasteiger partial charge on any atom is -0.478 e. The fourth-order valence-corrected chi connectivity index (χ4v) is 3.25. The maximum atomic E-state index is 12.5. The zero-order chi connectivity index (χ0) is 16.8. The van der Waals surface area contributed by atoms with Crippen LogP contribution in [0.5, 0.6) is 0 Å². The van der Waals surface area contributed by atoms with E-state index in [1.807, 2.05) is 0 Å². The maximum absolute atomic E-state index is 12.5. The number of carboxylic acids is 1. The molecule has 0 atom stereocenters. The minimum absolute atomic E-state index is 0.0152. The smallest absolute Gasteiger partial charge is 0.337 e. The van der Waals surface area contributed by atoms with E-state index >= 15 is 0 Å². The molecule has 0 saturated carbocycles. The molecular weight excluding hydrogens is 324 g/mol. The molecular formula is C13H14N4O5S. The van der Waals surface area contributed by atoms with E-state index < -0.39 is 16.0 Å². The molecule has 122 valence electrons. The van der Waals surface area contributed by atoms with Crippen LogP contribution in [-0.4, -0.2) is 51.4 Å². The Morgan fingerprint density at radius 2 is 2.13 bits per heavy atom. The molecule has 23 heavy (non-hydrogen) atoms. The normalized spacial score (nSPS) is 15.3. The van der Waals surface area contributed by atoms with Crippen molar-refractivity contribution >= 4 is 16.0 Å². The molecule has 0 unspecified atom stereocenters. The topological polar surface area (TPSA) is 125 Å². The van der Waals surface area contributed by atoms with E-state index in [2.05, 4.69) is 10.1 Å². The number of H-pyrrole nitrogens is 1. The predicted octanol–water partition coefficient (Wildman–Crippen LogP) is -0.423. The second kappa shape index (κ2) is 5.32. The number of pyridine rings is 1. The molecule has 0 fully saturated rings. The molecule has 3 rings (SSSR count). The number of aromatic amines is 1. The molecule has 0 aliphatic carbocycles. The van der Waals surface area contributed by atoms with Gasteiger partial charge in [-0.1, -0.05) is 0 Å². The van der Waals surface area contributed by atoms with Crippen molar-refractivity contribution in [2.24, 2.45) is 0 Å². The fraction of sp³-hybridized carbons (Fsp3) is 0.308. The number of fused-ring (bicyclic) bond motifs is 1. The van der Waals surface area contributed by atoms with Gasteiger partial charge in [0.05, 0.1) is 17.4 Å². The number of aromatic carboxylic acids is 1. The lowest BCUT2D eigenvalue weighted by Crippen LogP contribution is -2.36. The molecule has 0 saturated heterocycles. The Labute approximate surface area is 131 Å². The van der Waals surface area contributed by atoms with Crippen molar-refractivity contribution in [2.45, 2.75) is 13.0 Å². The first kappa shape index (κ1) is 15.4. The van der Waals surface area contributed by atoms with Crippen LogP contribution in [-0.2, 0) is 23.0 Å². The van der Waals surface area contributed by atoms with E-state index in [4.69, 9.17) is 5.11 Å². The lowest BCUT2D eigenvalue weighted by Gasteiger charge is -2.23. The number of sulfonamides is 1. The molecule has 0 bridgehead atoms. The summed E-state index contributed by atoms with van der Waals surface area (Å²) >= 11 is 0. The van der Waals surface area contributed by atoms with Gasteiger partial charge in [0.1, 0.15) is 0 Å². The van der Waals surface area contributed by atoms with Gasteiger partial charge in [0, 0.05) is 31.4 Å². The molecule has 2 aromatic rings. The molecule has 0 radical (unpaired) electrons. The Bertz CT molecular complexity index is 926. The summed E-state index contributed by atoms with van der Waals surface area (Å²) in [5, 5.41) is 11.8. The summed E-state index contributed by atoms with van der Waals surface area (Å²) < 4.78 is 25.7. The van der Waals surface area contributed by atoms with Gasteiger partial charge in [-0.3, -0.25) is 9.89 Å². The van der Waals surface area contributed by atoms with Gasteiger partial charge in [0.15, 0.2) is 5.82 Å². The standard InChI is InChI=1S/C13H14N4O5S/c1-23(21,22)16-5-4-10-9(7-16)12(18)17(15-10)11-3-2-8(6-14-11)13(19)20/h2-3,6,15H,4-5,7H2,1H3,(H,19,20). The third-order valence-electron chi connectivity index (χ3n) is 3.71. The quantitative estimate of drug-likeness (QED) is 0.783.